The Bertz CT molecular complexity index is 542. The molecule has 9 nitrogen and oxygen atoms in total. The monoisotopic (exact) mass is 333 g/mol. The van der Waals surface area contributed by atoms with Gasteiger partial charge in [0.05, 0.1) is 33.8 Å². The van der Waals surface area contributed by atoms with Crippen LogP contribution in [0.1, 0.15) is 5.69 Å². The maximum absolute atomic E-state index is 11.9. The minimum absolute atomic E-state index is 0.0947. The van der Waals surface area contributed by atoms with Crippen LogP contribution >= 0.6 is 0 Å². The molecular formula is C12H21N4O5S+. The molecular weight excluding hydrogens is 312 g/mol. The van der Waals surface area contributed by atoms with Crippen molar-refractivity contribution in [1.29, 1.82) is 0 Å². The summed E-state index contributed by atoms with van der Waals surface area (Å²) in [6, 6.07) is -1.93. The summed E-state index contributed by atoms with van der Waals surface area (Å²) in [6.07, 6.45) is 1.60. The van der Waals surface area contributed by atoms with Crippen LogP contribution in [-0.4, -0.2) is 80.1 Å². The van der Waals surface area contributed by atoms with Crippen LogP contribution in [0, 0.1) is 0 Å². The van der Waals surface area contributed by atoms with Gasteiger partial charge in [0, 0.05) is 16.9 Å². The van der Waals surface area contributed by atoms with Crippen LogP contribution in [-0.2, 0) is 27.2 Å². The van der Waals surface area contributed by atoms with Gasteiger partial charge < -0.3 is 30.0 Å². The average molecular weight is 333 g/mol. The first-order valence-electron chi connectivity index (χ1n) is 6.47. The highest BCUT2D eigenvalue weighted by molar-refractivity contribution is 7.91. The fourth-order valence-electron chi connectivity index (χ4n) is 1.77. The summed E-state index contributed by atoms with van der Waals surface area (Å²) in [6.45, 7) is 0. The Hall–Kier alpha value is -1.62. The van der Waals surface area contributed by atoms with E-state index < -0.39 is 35.2 Å². The molecule has 10 heteroatoms. The molecule has 124 valence electrons. The van der Waals surface area contributed by atoms with Gasteiger partial charge in [-0.05, 0) is 0 Å². The van der Waals surface area contributed by atoms with E-state index in [1.54, 1.807) is 21.1 Å². The van der Waals surface area contributed by atoms with Crippen LogP contribution in [0.5, 0.6) is 0 Å². The van der Waals surface area contributed by atoms with E-state index in [2.05, 4.69) is 9.97 Å². The minimum Gasteiger partial charge on any atom is -0.609 e. The third-order valence-corrected chi connectivity index (χ3v) is 4.40. The number of rotatable bonds is 8. The second kappa shape index (κ2) is 7.09. The van der Waals surface area contributed by atoms with Crippen molar-refractivity contribution in [3.8, 4) is 0 Å². The number of hydrogen-bond acceptors (Lipinski definition) is 5. The molecule has 0 fully saturated rings. The molecule has 0 bridgehead atoms. The Morgan fingerprint density at radius 2 is 2.00 bits per heavy atom. The Balaban J connectivity index is 2.79. The van der Waals surface area contributed by atoms with Crippen molar-refractivity contribution in [1.82, 2.24) is 9.97 Å². The molecule has 3 unspecified atom stereocenters. The van der Waals surface area contributed by atoms with Gasteiger partial charge >= 0.3 is 17.1 Å². The molecule has 0 saturated heterocycles. The van der Waals surface area contributed by atoms with Crippen molar-refractivity contribution >= 4 is 23.1 Å². The summed E-state index contributed by atoms with van der Waals surface area (Å²) >= 11 is -1.68. The summed E-state index contributed by atoms with van der Waals surface area (Å²) in [5, 5.41) is 18.1. The Morgan fingerprint density at radius 3 is 2.45 bits per heavy atom. The normalized spacial score (nSPS) is 16.0. The first kappa shape index (κ1) is 18.4. The van der Waals surface area contributed by atoms with Gasteiger partial charge in [0.15, 0.2) is 6.04 Å². The van der Waals surface area contributed by atoms with E-state index in [-0.39, 0.29) is 21.8 Å². The second-order valence-electron chi connectivity index (χ2n) is 5.84. The number of nitrogens with one attached hydrogen (secondary N) is 1. The topological polar surface area (TPSA) is 152 Å². The van der Waals surface area contributed by atoms with Crippen molar-refractivity contribution in [2.45, 2.75) is 23.7 Å². The van der Waals surface area contributed by atoms with Crippen LogP contribution in [0.15, 0.2) is 11.4 Å². The van der Waals surface area contributed by atoms with Crippen molar-refractivity contribution in [2.75, 3.05) is 26.9 Å². The van der Waals surface area contributed by atoms with Gasteiger partial charge in [0.25, 0.3) is 0 Å². The van der Waals surface area contributed by atoms with Gasteiger partial charge in [-0.3, -0.25) is 4.79 Å². The number of carbonyl (C=O) groups is 2. The van der Waals surface area contributed by atoms with E-state index >= 15 is 0 Å². The van der Waals surface area contributed by atoms with Crippen molar-refractivity contribution in [2.24, 2.45) is 5.73 Å². The SMILES string of the molecule is C[N+](C)(C)C(Cc1cnc([S+]([O-])CC(N)C(=O)O)[nH]1)C(=O)O. The summed E-state index contributed by atoms with van der Waals surface area (Å²) in [5.74, 6) is -2.45. The quantitative estimate of drug-likeness (QED) is 0.338. The van der Waals surface area contributed by atoms with Gasteiger partial charge in [-0.1, -0.05) is 0 Å². The molecule has 1 aromatic rings. The summed E-state index contributed by atoms with van der Waals surface area (Å²) in [7, 11) is 5.29. The number of hydrogen-bond donors (Lipinski definition) is 4. The number of likely N-dealkylation sites (N-methyl/N-ethyl adjacent to an activating group) is 1. The lowest BCUT2D eigenvalue weighted by molar-refractivity contribution is -0.887. The van der Waals surface area contributed by atoms with E-state index in [4.69, 9.17) is 10.8 Å². The summed E-state index contributed by atoms with van der Waals surface area (Å²) in [4.78, 5) is 28.7. The van der Waals surface area contributed by atoms with E-state index in [9.17, 15) is 19.2 Å². The predicted molar refractivity (Wildman–Crippen MR) is 78.6 cm³/mol. The molecule has 0 aliphatic heterocycles. The smallest absolute Gasteiger partial charge is 0.362 e. The first-order chi connectivity index (χ1) is 10.0. The maximum atomic E-state index is 11.9. The Morgan fingerprint density at radius 1 is 1.41 bits per heavy atom. The van der Waals surface area contributed by atoms with Crippen molar-refractivity contribution < 1.29 is 28.8 Å². The highest BCUT2D eigenvalue weighted by atomic mass is 32.2. The van der Waals surface area contributed by atoms with Gasteiger partial charge in [-0.25, -0.2) is 4.79 Å². The lowest BCUT2D eigenvalue weighted by Gasteiger charge is -2.30. The van der Waals surface area contributed by atoms with Crippen LogP contribution in [0.4, 0.5) is 0 Å². The number of quaternary nitrogens is 1. The Kier molecular flexibility index (Phi) is 5.94. The number of nitrogens with zero attached hydrogens (tertiary/aromatic N) is 2. The van der Waals surface area contributed by atoms with Crippen molar-refractivity contribution in [3.63, 3.8) is 0 Å². The number of carboxylic acid groups (broad SMARTS) is 2. The predicted octanol–water partition coefficient (Wildman–Crippen LogP) is -1.37. The third-order valence-electron chi connectivity index (χ3n) is 3.10. The molecule has 0 radical (unpaired) electrons. The molecule has 0 aliphatic carbocycles. The average Bonchev–Trinajstić information content (AvgIpc) is 2.82. The minimum atomic E-state index is -1.68. The molecule has 0 aliphatic rings. The lowest BCUT2D eigenvalue weighted by atomic mass is 10.1. The standard InChI is InChI=1S/C12H20N4O5S/c1-16(2,3)9(11(19)20)4-7-5-14-12(15-7)22(21)6-8(13)10(17)18/h5,8-9H,4,6,13H2,1-3H3,(H2-,14,15,17,18,19,20)/p+1. The molecule has 0 spiro atoms. The fourth-order valence-corrected chi connectivity index (χ4v) is 2.81. The summed E-state index contributed by atoms with van der Waals surface area (Å²) in [5.41, 5.74) is 5.85. The number of imidazole rings is 1. The number of aliphatic carboxylic acids is 2. The summed E-state index contributed by atoms with van der Waals surface area (Å²) < 4.78 is 12.2. The van der Waals surface area contributed by atoms with Crippen LogP contribution in [0.3, 0.4) is 0 Å². The zero-order valence-corrected chi connectivity index (χ0v) is 13.5. The van der Waals surface area contributed by atoms with Gasteiger partial charge in [-0.2, -0.15) is 4.98 Å². The van der Waals surface area contributed by atoms with Gasteiger partial charge in [0.1, 0.15) is 11.8 Å². The maximum Gasteiger partial charge on any atom is 0.362 e. The van der Waals surface area contributed by atoms with E-state index in [0.29, 0.717) is 5.69 Å². The number of nitrogens with two attached hydrogens (primary N) is 1. The van der Waals surface area contributed by atoms with Crippen LogP contribution in [0.25, 0.3) is 0 Å². The number of aromatic nitrogens is 2. The highest BCUT2D eigenvalue weighted by Gasteiger charge is 2.33. The van der Waals surface area contributed by atoms with Crippen LogP contribution < -0.4 is 5.73 Å². The van der Waals surface area contributed by atoms with Gasteiger partial charge in [-0.15, -0.1) is 0 Å². The fraction of sp³-hybridized carbons (Fsp3) is 0.583. The first-order valence-corrected chi connectivity index (χ1v) is 7.78. The molecule has 22 heavy (non-hydrogen) atoms. The lowest BCUT2D eigenvalue weighted by Crippen LogP contribution is -2.51. The zero-order valence-electron chi connectivity index (χ0n) is 12.6. The third kappa shape index (κ3) is 4.98. The molecule has 5 N–H and O–H groups in total. The molecule has 0 aromatic carbocycles. The molecule has 0 saturated carbocycles. The second-order valence-corrected chi connectivity index (χ2v) is 7.26. The molecule has 0 amide bonds. The molecule has 1 rings (SSSR count). The molecule has 1 heterocycles. The Labute approximate surface area is 130 Å². The highest BCUT2D eigenvalue weighted by Crippen LogP contribution is 2.13. The largest absolute Gasteiger partial charge is 0.609 e. The number of aromatic amines is 1. The van der Waals surface area contributed by atoms with Crippen LogP contribution in [0.2, 0.25) is 0 Å². The van der Waals surface area contributed by atoms with E-state index in [1.165, 1.54) is 6.20 Å². The van der Waals surface area contributed by atoms with Gasteiger partial charge in [0.2, 0.25) is 0 Å². The van der Waals surface area contributed by atoms with E-state index in [1.807, 2.05) is 0 Å². The molecule has 3 atom stereocenters. The van der Waals surface area contributed by atoms with Crippen molar-refractivity contribution in [3.05, 3.63) is 11.9 Å². The number of H-pyrrole nitrogens is 1. The molecule has 1 aromatic heterocycles. The zero-order chi connectivity index (χ0) is 17.1. The van der Waals surface area contributed by atoms with E-state index in [0.717, 1.165) is 0 Å². The number of carboxylic acids is 2.